The Bertz CT molecular complexity index is 825. The topological polar surface area (TPSA) is 59.2 Å². The van der Waals surface area contributed by atoms with Gasteiger partial charge in [-0.2, -0.15) is 18.2 Å². The molecule has 0 fully saturated rings. The molecule has 0 bridgehead atoms. The Hall–Kier alpha value is -2.41. The van der Waals surface area contributed by atoms with Gasteiger partial charge in [-0.3, -0.25) is 0 Å². The molecule has 1 atom stereocenters. The third-order valence-electron chi connectivity index (χ3n) is 3.36. The normalized spacial score (nSPS) is 13.4. The first kappa shape index (κ1) is 15.5. The Labute approximate surface area is 129 Å². The Kier molecular flexibility index (Phi) is 3.81. The van der Waals surface area contributed by atoms with Crippen LogP contribution in [0.5, 0.6) is 0 Å². The van der Waals surface area contributed by atoms with Gasteiger partial charge in [0, 0.05) is 11.8 Å². The second-order valence-corrected chi connectivity index (χ2v) is 5.30. The maximum absolute atomic E-state index is 12.3. The van der Waals surface area contributed by atoms with Crippen LogP contribution in [0.4, 0.5) is 13.2 Å². The van der Waals surface area contributed by atoms with Crippen molar-refractivity contribution in [2.45, 2.75) is 25.6 Å². The summed E-state index contributed by atoms with van der Waals surface area (Å²) in [6.07, 6.45) is -6.19. The molecular weight excluding hydrogens is 309 g/mol. The maximum Gasteiger partial charge on any atom is 0.392 e. The van der Waals surface area contributed by atoms with Gasteiger partial charge in [-0.15, -0.1) is 0 Å². The lowest BCUT2D eigenvalue weighted by molar-refractivity contribution is -0.156. The average molecular weight is 322 g/mol. The first-order valence-electron chi connectivity index (χ1n) is 6.90. The lowest BCUT2D eigenvalue weighted by Gasteiger charge is -2.08. The predicted octanol–water partition coefficient (Wildman–Crippen LogP) is 4.18. The van der Waals surface area contributed by atoms with Gasteiger partial charge < -0.3 is 9.52 Å². The van der Waals surface area contributed by atoms with Crippen LogP contribution in [-0.4, -0.2) is 21.3 Å². The van der Waals surface area contributed by atoms with E-state index in [1.165, 1.54) is 0 Å². The molecule has 7 heteroatoms. The van der Waals surface area contributed by atoms with E-state index in [1.54, 1.807) is 12.3 Å². The number of aromatic nitrogens is 2. The van der Waals surface area contributed by atoms with E-state index in [0.29, 0.717) is 0 Å². The summed E-state index contributed by atoms with van der Waals surface area (Å²) in [5, 5.41) is 9.57. The largest absolute Gasteiger partial charge is 0.436 e. The van der Waals surface area contributed by atoms with Crippen molar-refractivity contribution in [3.05, 3.63) is 48.0 Å². The van der Waals surface area contributed by atoms with Crippen LogP contribution in [-0.2, 0) is 0 Å². The molecule has 0 saturated heterocycles. The van der Waals surface area contributed by atoms with Crippen molar-refractivity contribution in [1.82, 2.24) is 9.97 Å². The van der Waals surface area contributed by atoms with Crippen molar-refractivity contribution < 1.29 is 22.7 Å². The molecule has 1 unspecified atom stereocenters. The predicted molar refractivity (Wildman–Crippen MR) is 77.6 cm³/mol. The average Bonchev–Trinajstić information content (AvgIpc) is 2.89. The van der Waals surface area contributed by atoms with Gasteiger partial charge in [0.2, 0.25) is 5.89 Å². The fourth-order valence-electron chi connectivity index (χ4n) is 2.19. The Morgan fingerprint density at radius 3 is 2.52 bits per heavy atom. The van der Waals surface area contributed by atoms with Gasteiger partial charge in [0.1, 0.15) is 6.10 Å². The van der Waals surface area contributed by atoms with Gasteiger partial charge in [0.25, 0.3) is 0 Å². The molecule has 3 aromatic rings. The lowest BCUT2D eigenvalue weighted by Crippen LogP contribution is -2.13. The monoisotopic (exact) mass is 322 g/mol. The van der Waals surface area contributed by atoms with Gasteiger partial charge in [-0.25, -0.2) is 4.98 Å². The number of pyridine rings is 1. The SMILES string of the molecule is Cc1ccc(-c2cnc3nc(C(O)CC(F)(F)F)oc3c2)cc1. The molecule has 1 aromatic carbocycles. The number of aliphatic hydroxyl groups excluding tert-OH is 1. The van der Waals surface area contributed by atoms with E-state index < -0.39 is 18.7 Å². The second kappa shape index (κ2) is 5.66. The molecule has 0 aliphatic heterocycles. The van der Waals surface area contributed by atoms with Crippen LogP contribution in [0.3, 0.4) is 0 Å². The van der Waals surface area contributed by atoms with Gasteiger partial charge >= 0.3 is 6.18 Å². The van der Waals surface area contributed by atoms with E-state index in [2.05, 4.69) is 9.97 Å². The molecule has 3 rings (SSSR count). The Morgan fingerprint density at radius 2 is 1.87 bits per heavy atom. The highest BCUT2D eigenvalue weighted by Gasteiger charge is 2.34. The third-order valence-corrected chi connectivity index (χ3v) is 3.36. The number of hydrogen-bond acceptors (Lipinski definition) is 4. The van der Waals surface area contributed by atoms with Crippen molar-refractivity contribution in [3.63, 3.8) is 0 Å². The molecule has 2 heterocycles. The number of alkyl halides is 3. The zero-order chi connectivity index (χ0) is 16.6. The molecule has 0 spiro atoms. The second-order valence-electron chi connectivity index (χ2n) is 5.30. The fraction of sp³-hybridized carbons (Fsp3) is 0.250. The van der Waals surface area contributed by atoms with Crippen molar-refractivity contribution in [3.8, 4) is 11.1 Å². The molecule has 0 aliphatic rings. The number of halogens is 3. The molecule has 2 aromatic heterocycles. The molecule has 23 heavy (non-hydrogen) atoms. The van der Waals surface area contributed by atoms with Crippen LogP contribution < -0.4 is 0 Å². The summed E-state index contributed by atoms with van der Waals surface area (Å²) >= 11 is 0. The van der Waals surface area contributed by atoms with Gasteiger partial charge in [-0.1, -0.05) is 29.8 Å². The Balaban J connectivity index is 1.93. The van der Waals surface area contributed by atoms with E-state index in [4.69, 9.17) is 4.42 Å². The first-order valence-corrected chi connectivity index (χ1v) is 6.90. The number of hydrogen-bond donors (Lipinski definition) is 1. The summed E-state index contributed by atoms with van der Waals surface area (Å²) in [5.74, 6) is -0.383. The lowest BCUT2D eigenvalue weighted by atomic mass is 10.1. The summed E-state index contributed by atoms with van der Waals surface area (Å²) in [7, 11) is 0. The van der Waals surface area contributed by atoms with Gasteiger partial charge in [0.15, 0.2) is 11.2 Å². The van der Waals surface area contributed by atoms with Crippen LogP contribution in [0.15, 0.2) is 40.9 Å². The van der Waals surface area contributed by atoms with Crippen molar-refractivity contribution in [1.29, 1.82) is 0 Å². The van der Waals surface area contributed by atoms with Crippen LogP contribution in [0.2, 0.25) is 0 Å². The zero-order valence-electron chi connectivity index (χ0n) is 12.1. The smallest absolute Gasteiger partial charge is 0.392 e. The molecule has 4 nitrogen and oxygen atoms in total. The highest BCUT2D eigenvalue weighted by molar-refractivity contribution is 5.76. The highest BCUT2D eigenvalue weighted by Crippen LogP contribution is 2.31. The maximum atomic E-state index is 12.3. The van der Waals surface area contributed by atoms with Crippen LogP contribution >= 0.6 is 0 Å². The zero-order valence-corrected chi connectivity index (χ0v) is 12.1. The highest BCUT2D eigenvalue weighted by atomic mass is 19.4. The minimum atomic E-state index is -4.50. The Morgan fingerprint density at radius 1 is 1.17 bits per heavy atom. The third kappa shape index (κ3) is 3.50. The van der Waals surface area contributed by atoms with Crippen LogP contribution in [0, 0.1) is 6.92 Å². The molecule has 0 saturated carbocycles. The van der Waals surface area contributed by atoms with E-state index in [1.807, 2.05) is 31.2 Å². The minimum absolute atomic E-state index is 0.164. The van der Waals surface area contributed by atoms with Gasteiger partial charge in [-0.05, 0) is 18.6 Å². The number of oxazole rings is 1. The number of nitrogens with zero attached hydrogens (tertiary/aromatic N) is 2. The van der Waals surface area contributed by atoms with E-state index in [0.717, 1.165) is 16.7 Å². The van der Waals surface area contributed by atoms with Crippen molar-refractivity contribution in [2.24, 2.45) is 0 Å². The summed E-state index contributed by atoms with van der Waals surface area (Å²) in [5.41, 5.74) is 3.17. The molecule has 0 aliphatic carbocycles. The summed E-state index contributed by atoms with van der Waals surface area (Å²) in [6.45, 7) is 1.97. The van der Waals surface area contributed by atoms with E-state index in [9.17, 15) is 18.3 Å². The summed E-state index contributed by atoms with van der Waals surface area (Å²) in [4.78, 5) is 7.90. The summed E-state index contributed by atoms with van der Waals surface area (Å²) in [6, 6.07) is 9.35. The molecule has 0 radical (unpaired) electrons. The molecular formula is C16H13F3N2O2. The number of fused-ring (bicyclic) bond motifs is 1. The number of benzene rings is 1. The molecule has 0 amide bonds. The van der Waals surface area contributed by atoms with Crippen LogP contribution in [0.1, 0.15) is 24.0 Å². The van der Waals surface area contributed by atoms with Crippen molar-refractivity contribution >= 4 is 11.2 Å². The van der Waals surface area contributed by atoms with Gasteiger partial charge in [0.05, 0.1) is 6.42 Å². The number of aliphatic hydroxyl groups is 1. The molecule has 1 N–H and O–H groups in total. The first-order chi connectivity index (χ1) is 10.8. The quantitative estimate of drug-likeness (QED) is 0.786. The number of rotatable bonds is 3. The minimum Gasteiger partial charge on any atom is -0.436 e. The van der Waals surface area contributed by atoms with Crippen LogP contribution in [0.25, 0.3) is 22.4 Å². The van der Waals surface area contributed by atoms with E-state index in [-0.39, 0.29) is 17.1 Å². The summed E-state index contributed by atoms with van der Waals surface area (Å²) < 4.78 is 42.2. The molecule has 120 valence electrons. The van der Waals surface area contributed by atoms with Crippen molar-refractivity contribution in [2.75, 3.05) is 0 Å². The standard InChI is InChI=1S/C16H13F3N2O2/c1-9-2-4-10(5-3-9)11-6-13-14(20-8-11)21-15(23-13)12(22)7-16(17,18)19/h2-6,8,12,22H,7H2,1H3. The fourth-order valence-corrected chi connectivity index (χ4v) is 2.19. The number of aryl methyl sites for hydroxylation is 1. The van der Waals surface area contributed by atoms with E-state index >= 15 is 0 Å².